The summed E-state index contributed by atoms with van der Waals surface area (Å²) in [5.74, 6) is 12.5. The van der Waals surface area contributed by atoms with Gasteiger partial charge in [0, 0.05) is 24.0 Å². The van der Waals surface area contributed by atoms with Crippen LogP contribution in [0.3, 0.4) is 0 Å². The molecule has 0 amide bonds. The Morgan fingerprint density at radius 1 is 0.724 bits per heavy atom. The average Bonchev–Trinajstić information content (AvgIpc) is 2.75. The molecule has 0 spiro atoms. The molecule has 0 saturated carbocycles. The Morgan fingerprint density at radius 3 is 1.93 bits per heavy atom. The number of rotatable bonds is 4. The highest BCUT2D eigenvalue weighted by Crippen LogP contribution is 2.23. The molecule has 0 N–H and O–H groups in total. The Balaban J connectivity index is 1.69. The van der Waals surface area contributed by atoms with Crippen molar-refractivity contribution in [1.29, 1.82) is 0 Å². The molecule has 29 heavy (non-hydrogen) atoms. The summed E-state index contributed by atoms with van der Waals surface area (Å²) in [4.78, 5) is 0. The first-order valence-corrected chi connectivity index (χ1v) is 10.1. The van der Waals surface area contributed by atoms with E-state index < -0.39 is 0 Å². The van der Waals surface area contributed by atoms with Crippen LogP contribution in [0.1, 0.15) is 48.9 Å². The third-order valence-electron chi connectivity index (χ3n) is 4.69. The van der Waals surface area contributed by atoms with E-state index in [9.17, 15) is 4.39 Å². The summed E-state index contributed by atoms with van der Waals surface area (Å²) in [6.07, 6.45) is 3.39. The molecule has 0 bridgehead atoms. The van der Waals surface area contributed by atoms with E-state index in [-0.39, 0.29) is 5.82 Å². The van der Waals surface area contributed by atoms with E-state index in [4.69, 9.17) is 0 Å². The van der Waals surface area contributed by atoms with Crippen LogP contribution in [-0.2, 0) is 12.8 Å². The molecule has 3 aromatic carbocycles. The van der Waals surface area contributed by atoms with Gasteiger partial charge in [0.2, 0.25) is 0 Å². The van der Waals surface area contributed by atoms with E-state index in [2.05, 4.69) is 49.7 Å². The van der Waals surface area contributed by atoms with Crippen LogP contribution in [0.25, 0.3) is 11.1 Å². The van der Waals surface area contributed by atoms with Gasteiger partial charge in [0.05, 0.1) is 0 Å². The predicted molar refractivity (Wildman–Crippen MR) is 120 cm³/mol. The Kier molecular flexibility index (Phi) is 7.27. The second-order valence-electron chi connectivity index (χ2n) is 6.96. The largest absolute Gasteiger partial charge is 0.207 e. The molecule has 0 aliphatic rings. The van der Waals surface area contributed by atoms with Crippen molar-refractivity contribution in [3.8, 4) is 34.8 Å². The van der Waals surface area contributed by atoms with Gasteiger partial charge in [-0.3, -0.25) is 0 Å². The lowest BCUT2D eigenvalue weighted by Gasteiger charge is -2.06. The van der Waals surface area contributed by atoms with Crippen molar-refractivity contribution < 1.29 is 4.39 Å². The number of aryl methyl sites for hydroxylation is 1. The standard InChI is InChI=1S/C28H25F/c1-3-5-6-8-22-9-11-23(12-10-22)13-14-24-15-17-25(18-16-24)27-20-19-26(7-4-2)28(29)21-27/h9-12,15-21H,3-4,7-8H2,1-2H3. The molecular formula is C28H25F. The third-order valence-corrected chi connectivity index (χ3v) is 4.69. The third kappa shape index (κ3) is 5.84. The number of hydrogen-bond donors (Lipinski definition) is 0. The summed E-state index contributed by atoms with van der Waals surface area (Å²) >= 11 is 0. The molecule has 0 aromatic heterocycles. The van der Waals surface area contributed by atoms with E-state index in [1.54, 1.807) is 6.07 Å². The van der Waals surface area contributed by atoms with Crippen molar-refractivity contribution in [1.82, 2.24) is 0 Å². The highest BCUT2D eigenvalue weighted by molar-refractivity contribution is 5.65. The minimum atomic E-state index is -0.127. The van der Waals surface area contributed by atoms with Crippen LogP contribution in [0, 0.1) is 29.5 Å². The monoisotopic (exact) mass is 380 g/mol. The highest BCUT2D eigenvalue weighted by Gasteiger charge is 2.04. The van der Waals surface area contributed by atoms with Gasteiger partial charge in [0.25, 0.3) is 0 Å². The van der Waals surface area contributed by atoms with Crippen molar-refractivity contribution >= 4 is 0 Å². The first-order chi connectivity index (χ1) is 14.2. The van der Waals surface area contributed by atoms with Crippen LogP contribution in [0.4, 0.5) is 4.39 Å². The van der Waals surface area contributed by atoms with E-state index in [0.29, 0.717) is 0 Å². The lowest BCUT2D eigenvalue weighted by Crippen LogP contribution is -1.90. The van der Waals surface area contributed by atoms with Crippen LogP contribution >= 0.6 is 0 Å². The molecule has 0 heterocycles. The summed E-state index contributed by atoms with van der Waals surface area (Å²) < 4.78 is 14.2. The van der Waals surface area contributed by atoms with Crippen molar-refractivity contribution in [3.63, 3.8) is 0 Å². The number of halogens is 1. The van der Waals surface area contributed by atoms with E-state index in [1.165, 1.54) is 5.56 Å². The molecule has 0 aliphatic heterocycles. The zero-order valence-corrected chi connectivity index (χ0v) is 17.1. The second kappa shape index (κ2) is 10.3. The quantitative estimate of drug-likeness (QED) is 0.437. The molecular weight excluding hydrogens is 355 g/mol. The van der Waals surface area contributed by atoms with Crippen molar-refractivity contribution in [2.45, 2.75) is 39.5 Å². The van der Waals surface area contributed by atoms with E-state index in [1.807, 2.05) is 48.5 Å². The minimum Gasteiger partial charge on any atom is -0.207 e. The molecule has 0 nitrogen and oxygen atoms in total. The lowest BCUT2D eigenvalue weighted by molar-refractivity contribution is 0.608. The molecule has 1 heteroatoms. The summed E-state index contributed by atoms with van der Waals surface area (Å²) in [6, 6.07) is 21.7. The van der Waals surface area contributed by atoms with E-state index >= 15 is 0 Å². The van der Waals surface area contributed by atoms with Gasteiger partial charge in [-0.2, -0.15) is 0 Å². The molecule has 144 valence electrons. The van der Waals surface area contributed by atoms with Crippen molar-refractivity contribution in [2.24, 2.45) is 0 Å². The van der Waals surface area contributed by atoms with Crippen molar-refractivity contribution in [2.75, 3.05) is 0 Å². The maximum Gasteiger partial charge on any atom is 0.127 e. The van der Waals surface area contributed by atoms with Gasteiger partial charge in [0.15, 0.2) is 0 Å². The fourth-order valence-corrected chi connectivity index (χ4v) is 3.08. The van der Waals surface area contributed by atoms with Gasteiger partial charge < -0.3 is 0 Å². The Labute approximate surface area is 173 Å². The molecule has 0 fully saturated rings. The highest BCUT2D eigenvalue weighted by atomic mass is 19.1. The maximum absolute atomic E-state index is 14.2. The molecule has 3 rings (SSSR count). The summed E-state index contributed by atoms with van der Waals surface area (Å²) in [6.45, 7) is 4.11. The second-order valence-corrected chi connectivity index (χ2v) is 6.96. The van der Waals surface area contributed by atoms with Crippen LogP contribution in [0.5, 0.6) is 0 Å². The topological polar surface area (TPSA) is 0 Å². The lowest BCUT2D eigenvalue weighted by atomic mass is 10.0. The zero-order chi connectivity index (χ0) is 20.5. The Morgan fingerprint density at radius 2 is 1.34 bits per heavy atom. The van der Waals surface area contributed by atoms with Crippen LogP contribution < -0.4 is 0 Å². The Hall–Kier alpha value is -3.29. The molecule has 0 aliphatic carbocycles. The number of hydrogen-bond acceptors (Lipinski definition) is 0. The maximum atomic E-state index is 14.2. The van der Waals surface area contributed by atoms with Crippen molar-refractivity contribution in [3.05, 3.63) is 94.8 Å². The van der Waals surface area contributed by atoms with Gasteiger partial charge in [0.1, 0.15) is 5.82 Å². The fraction of sp³-hybridized carbons (Fsp3) is 0.214. The van der Waals surface area contributed by atoms with Gasteiger partial charge in [-0.05, 0) is 59.0 Å². The first-order valence-electron chi connectivity index (χ1n) is 10.1. The summed E-state index contributed by atoms with van der Waals surface area (Å²) in [5, 5.41) is 0. The molecule has 3 aromatic rings. The molecule has 0 saturated heterocycles. The summed E-state index contributed by atoms with van der Waals surface area (Å²) in [5.41, 5.74) is 5.79. The molecule has 0 unspecified atom stereocenters. The van der Waals surface area contributed by atoms with Gasteiger partial charge >= 0.3 is 0 Å². The predicted octanol–water partition coefficient (Wildman–Crippen LogP) is 6.80. The van der Waals surface area contributed by atoms with E-state index in [0.717, 1.165) is 53.5 Å². The van der Waals surface area contributed by atoms with Crippen LogP contribution in [-0.4, -0.2) is 0 Å². The van der Waals surface area contributed by atoms with Crippen LogP contribution in [0.15, 0.2) is 66.7 Å². The average molecular weight is 381 g/mol. The summed E-state index contributed by atoms with van der Waals surface area (Å²) in [7, 11) is 0. The first kappa shape index (κ1) is 20.4. The SMILES string of the molecule is CCC#CCc1ccc(C#Cc2ccc(-c3ccc(CCC)c(F)c3)cc2)cc1. The Bertz CT molecular complexity index is 1070. The smallest absolute Gasteiger partial charge is 0.127 e. The normalized spacial score (nSPS) is 9.90. The van der Waals surface area contributed by atoms with Crippen LogP contribution in [0.2, 0.25) is 0 Å². The van der Waals surface area contributed by atoms with Gasteiger partial charge in [-0.15, -0.1) is 5.92 Å². The fourth-order valence-electron chi connectivity index (χ4n) is 3.08. The van der Waals surface area contributed by atoms with Gasteiger partial charge in [-0.25, -0.2) is 4.39 Å². The van der Waals surface area contributed by atoms with Gasteiger partial charge in [-0.1, -0.05) is 74.4 Å². The molecule has 0 radical (unpaired) electrons. The molecule has 0 atom stereocenters. The minimum absolute atomic E-state index is 0.127. The zero-order valence-electron chi connectivity index (χ0n) is 17.1. The number of benzene rings is 3.